The Balaban J connectivity index is 2.85. The number of non-ortho nitro benzene ring substituents is 1. The maximum atomic E-state index is 12.0. The highest BCUT2D eigenvalue weighted by Gasteiger charge is 2.14. The lowest BCUT2D eigenvalue weighted by Gasteiger charge is -2.19. The van der Waals surface area contributed by atoms with Crippen molar-refractivity contribution in [2.75, 3.05) is 13.1 Å². The molecule has 0 aliphatic carbocycles. The summed E-state index contributed by atoms with van der Waals surface area (Å²) in [6, 6.07) is 5.71. The molecule has 0 radical (unpaired) electrons. The fourth-order valence-corrected chi connectivity index (χ4v) is 1.58. The lowest BCUT2D eigenvalue weighted by Crippen LogP contribution is -2.31. The van der Waals surface area contributed by atoms with Crippen molar-refractivity contribution in [3.05, 3.63) is 39.9 Å². The Morgan fingerprint density at radius 3 is 2.29 bits per heavy atom. The molecule has 1 rings (SSSR count). The van der Waals surface area contributed by atoms with E-state index in [0.717, 1.165) is 6.42 Å². The lowest BCUT2D eigenvalue weighted by molar-refractivity contribution is -0.384. The van der Waals surface area contributed by atoms with Gasteiger partial charge in [-0.15, -0.1) is 0 Å². The van der Waals surface area contributed by atoms with Crippen LogP contribution >= 0.6 is 0 Å². The normalized spacial score (nSPS) is 10.0. The second-order valence-electron chi connectivity index (χ2n) is 3.69. The van der Waals surface area contributed by atoms with Crippen LogP contribution < -0.4 is 0 Å². The van der Waals surface area contributed by atoms with Gasteiger partial charge < -0.3 is 4.90 Å². The second-order valence-corrected chi connectivity index (χ2v) is 3.69. The van der Waals surface area contributed by atoms with Crippen LogP contribution in [0.1, 0.15) is 30.6 Å². The number of hydrogen-bond acceptors (Lipinski definition) is 3. The number of nitro benzene ring substituents is 1. The number of benzene rings is 1. The number of carbonyl (C=O) groups excluding carboxylic acids is 1. The Morgan fingerprint density at radius 2 is 1.88 bits per heavy atom. The summed E-state index contributed by atoms with van der Waals surface area (Å²) in [6.07, 6.45) is 0.895. The summed E-state index contributed by atoms with van der Waals surface area (Å²) in [5, 5.41) is 10.5. The zero-order valence-electron chi connectivity index (χ0n) is 10.0. The van der Waals surface area contributed by atoms with E-state index in [4.69, 9.17) is 0 Å². The van der Waals surface area contributed by atoms with Crippen molar-refractivity contribution in [2.45, 2.75) is 20.3 Å². The zero-order chi connectivity index (χ0) is 12.8. The number of hydrogen-bond donors (Lipinski definition) is 0. The van der Waals surface area contributed by atoms with Gasteiger partial charge in [0, 0.05) is 30.8 Å². The van der Waals surface area contributed by atoms with Gasteiger partial charge in [-0.25, -0.2) is 0 Å². The predicted molar refractivity (Wildman–Crippen MR) is 65.0 cm³/mol. The number of nitrogens with zero attached hydrogens (tertiary/aromatic N) is 2. The fourth-order valence-electron chi connectivity index (χ4n) is 1.58. The van der Waals surface area contributed by atoms with Crippen LogP contribution in [0.4, 0.5) is 5.69 Å². The molecule has 0 fully saturated rings. The van der Waals surface area contributed by atoms with Crippen molar-refractivity contribution in [1.29, 1.82) is 0 Å². The zero-order valence-corrected chi connectivity index (χ0v) is 10.0. The van der Waals surface area contributed by atoms with Gasteiger partial charge in [-0.1, -0.05) is 6.92 Å². The number of rotatable bonds is 5. The first kappa shape index (κ1) is 13.2. The van der Waals surface area contributed by atoms with E-state index in [-0.39, 0.29) is 11.6 Å². The summed E-state index contributed by atoms with van der Waals surface area (Å²) in [5.74, 6) is -0.0794. The standard InChI is InChI=1S/C12H16N2O3/c1-3-9-13(4-2)12(15)10-5-7-11(8-6-10)14(16)17/h5-8H,3-4,9H2,1-2H3. The molecule has 1 aromatic carbocycles. The van der Waals surface area contributed by atoms with E-state index in [2.05, 4.69) is 0 Å². The van der Waals surface area contributed by atoms with E-state index >= 15 is 0 Å². The molecular formula is C12H16N2O3. The first-order chi connectivity index (χ1) is 8.10. The van der Waals surface area contributed by atoms with E-state index < -0.39 is 4.92 Å². The average Bonchev–Trinajstić information content (AvgIpc) is 2.35. The molecule has 0 unspecified atom stereocenters. The molecule has 17 heavy (non-hydrogen) atoms. The fraction of sp³-hybridized carbons (Fsp3) is 0.417. The van der Waals surface area contributed by atoms with E-state index in [9.17, 15) is 14.9 Å². The minimum Gasteiger partial charge on any atom is -0.339 e. The molecule has 1 aromatic rings. The van der Waals surface area contributed by atoms with Gasteiger partial charge in [-0.3, -0.25) is 14.9 Å². The molecule has 0 atom stereocenters. The molecule has 92 valence electrons. The van der Waals surface area contributed by atoms with Crippen molar-refractivity contribution in [2.24, 2.45) is 0 Å². The van der Waals surface area contributed by atoms with Crippen molar-refractivity contribution in [3.8, 4) is 0 Å². The summed E-state index contributed by atoms with van der Waals surface area (Å²) < 4.78 is 0. The van der Waals surface area contributed by atoms with Crippen molar-refractivity contribution in [1.82, 2.24) is 4.90 Å². The summed E-state index contributed by atoms with van der Waals surface area (Å²) in [7, 11) is 0. The molecule has 1 amide bonds. The van der Waals surface area contributed by atoms with Gasteiger partial charge >= 0.3 is 0 Å². The van der Waals surface area contributed by atoms with E-state index in [1.54, 1.807) is 4.90 Å². The predicted octanol–water partition coefficient (Wildman–Crippen LogP) is 2.47. The molecule has 5 heteroatoms. The van der Waals surface area contributed by atoms with Gasteiger partial charge in [0.2, 0.25) is 0 Å². The number of amides is 1. The van der Waals surface area contributed by atoms with Gasteiger partial charge in [-0.05, 0) is 25.5 Å². The quantitative estimate of drug-likeness (QED) is 0.582. The number of nitro groups is 1. The van der Waals surface area contributed by atoms with Gasteiger partial charge in [0.25, 0.3) is 11.6 Å². The van der Waals surface area contributed by atoms with Crippen molar-refractivity contribution in [3.63, 3.8) is 0 Å². The highest BCUT2D eigenvalue weighted by atomic mass is 16.6. The number of carbonyl (C=O) groups is 1. The topological polar surface area (TPSA) is 63.5 Å². The Hall–Kier alpha value is -1.91. The molecule has 5 nitrogen and oxygen atoms in total. The van der Waals surface area contributed by atoms with Gasteiger partial charge in [0.15, 0.2) is 0 Å². The molecule has 0 spiro atoms. The largest absolute Gasteiger partial charge is 0.339 e. The van der Waals surface area contributed by atoms with Gasteiger partial charge in [0.1, 0.15) is 0 Å². The summed E-state index contributed by atoms with van der Waals surface area (Å²) in [6.45, 7) is 5.26. The third-order valence-corrected chi connectivity index (χ3v) is 2.49. The smallest absolute Gasteiger partial charge is 0.269 e. The van der Waals surface area contributed by atoms with Crippen LogP contribution in [0, 0.1) is 10.1 Å². The molecule has 0 bridgehead atoms. The van der Waals surface area contributed by atoms with E-state index in [1.165, 1.54) is 24.3 Å². The van der Waals surface area contributed by atoms with Crippen LogP contribution in [0.3, 0.4) is 0 Å². The highest BCUT2D eigenvalue weighted by Crippen LogP contribution is 2.13. The molecule has 0 aliphatic rings. The first-order valence-electron chi connectivity index (χ1n) is 5.63. The Bertz CT molecular complexity index is 401. The second kappa shape index (κ2) is 5.98. The minimum absolute atomic E-state index is 0.0000833. The Morgan fingerprint density at radius 1 is 1.29 bits per heavy atom. The molecule has 0 saturated heterocycles. The molecule has 0 heterocycles. The van der Waals surface area contributed by atoms with Crippen LogP contribution in [0.15, 0.2) is 24.3 Å². The van der Waals surface area contributed by atoms with Crippen molar-refractivity contribution < 1.29 is 9.72 Å². The Labute approximate surface area is 100 Å². The molecule has 0 N–H and O–H groups in total. The highest BCUT2D eigenvalue weighted by molar-refractivity contribution is 5.94. The molecule has 0 aliphatic heterocycles. The SMILES string of the molecule is CCCN(CC)C(=O)c1ccc([N+](=O)[O-])cc1. The van der Waals surface area contributed by atoms with E-state index in [0.29, 0.717) is 18.7 Å². The average molecular weight is 236 g/mol. The third kappa shape index (κ3) is 3.27. The van der Waals surface area contributed by atoms with Crippen molar-refractivity contribution >= 4 is 11.6 Å². The first-order valence-corrected chi connectivity index (χ1v) is 5.63. The van der Waals surface area contributed by atoms with E-state index in [1.807, 2.05) is 13.8 Å². The summed E-state index contributed by atoms with van der Waals surface area (Å²) in [4.78, 5) is 23.7. The van der Waals surface area contributed by atoms with Gasteiger partial charge in [0.05, 0.1) is 4.92 Å². The van der Waals surface area contributed by atoms with Crippen LogP contribution in [0.5, 0.6) is 0 Å². The molecular weight excluding hydrogens is 220 g/mol. The summed E-state index contributed by atoms with van der Waals surface area (Å²) in [5.41, 5.74) is 0.492. The molecule has 0 aromatic heterocycles. The summed E-state index contributed by atoms with van der Waals surface area (Å²) >= 11 is 0. The maximum absolute atomic E-state index is 12.0. The maximum Gasteiger partial charge on any atom is 0.269 e. The Kier molecular flexibility index (Phi) is 4.63. The van der Waals surface area contributed by atoms with Crippen LogP contribution in [0.25, 0.3) is 0 Å². The van der Waals surface area contributed by atoms with Crippen LogP contribution in [-0.4, -0.2) is 28.8 Å². The third-order valence-electron chi connectivity index (χ3n) is 2.49. The molecule has 0 saturated carbocycles. The lowest BCUT2D eigenvalue weighted by atomic mass is 10.2. The monoisotopic (exact) mass is 236 g/mol. The van der Waals surface area contributed by atoms with Crippen LogP contribution in [0.2, 0.25) is 0 Å². The van der Waals surface area contributed by atoms with Gasteiger partial charge in [-0.2, -0.15) is 0 Å². The minimum atomic E-state index is -0.474. The van der Waals surface area contributed by atoms with Crippen LogP contribution in [-0.2, 0) is 0 Å².